The lowest BCUT2D eigenvalue weighted by Gasteiger charge is -1.98. The van der Waals surface area contributed by atoms with Gasteiger partial charge in [-0.05, 0) is 82.4 Å². The van der Waals surface area contributed by atoms with Crippen molar-refractivity contribution in [3.05, 3.63) is 146 Å². The largest absolute Gasteiger partial charge is 0.440 e. The van der Waals surface area contributed by atoms with E-state index < -0.39 is 0 Å². The highest BCUT2D eigenvalue weighted by atomic mass is 15.7. The van der Waals surface area contributed by atoms with Crippen LogP contribution in [0.25, 0.3) is 22.7 Å². The third-order valence-electron chi connectivity index (χ3n) is 6.38. The quantitative estimate of drug-likeness (QED) is 0.228. The van der Waals surface area contributed by atoms with Crippen molar-refractivity contribution in [2.75, 3.05) is 0 Å². The lowest BCUT2D eigenvalue weighted by atomic mass is 10.1. The number of tetrazole rings is 2. The lowest BCUT2D eigenvalue weighted by molar-refractivity contribution is -0.649. The van der Waals surface area contributed by atoms with Crippen molar-refractivity contribution in [2.45, 2.75) is 0 Å². The van der Waals surface area contributed by atoms with E-state index in [1.807, 2.05) is 146 Å². The fourth-order valence-electron chi connectivity index (χ4n) is 4.33. The maximum atomic E-state index is 4.81. The maximum absolute atomic E-state index is 4.81. The summed E-state index contributed by atoms with van der Waals surface area (Å²) in [7, 11) is 0. The van der Waals surface area contributed by atoms with Crippen molar-refractivity contribution in [3.63, 3.8) is 0 Å². The van der Waals surface area contributed by atoms with Crippen LogP contribution in [0.5, 0.6) is 0 Å². The average Bonchev–Trinajstić information content (AvgIpc) is 3.68. The molecule has 42 heavy (non-hydrogen) atoms. The Morgan fingerprint density at radius 1 is 0.429 bits per heavy atom. The number of para-hydroxylation sites is 4. The molecule has 10 heteroatoms. The Bertz CT molecular complexity index is 1790. The number of hydrogen-bond donors (Lipinski definition) is 0. The first-order valence-electron chi connectivity index (χ1n) is 13.3. The van der Waals surface area contributed by atoms with E-state index in [-0.39, 0.29) is 0 Å². The van der Waals surface area contributed by atoms with E-state index >= 15 is 0 Å². The number of nitrogens with zero attached hydrogens (tertiary/aromatic N) is 10. The van der Waals surface area contributed by atoms with E-state index in [4.69, 9.17) is 9.98 Å². The Kier molecular flexibility index (Phi) is 6.59. The summed E-state index contributed by atoms with van der Waals surface area (Å²) in [5.41, 5.74) is 4.82. The molecule has 0 unspecified atom stereocenters. The zero-order valence-electron chi connectivity index (χ0n) is 22.3. The number of aromatic nitrogens is 8. The molecule has 0 aliphatic heterocycles. The van der Waals surface area contributed by atoms with Crippen molar-refractivity contribution in [2.24, 2.45) is 9.98 Å². The van der Waals surface area contributed by atoms with Crippen LogP contribution >= 0.6 is 0 Å². The second-order valence-corrected chi connectivity index (χ2v) is 9.26. The SMILES string of the molecule is C1=CC(=Nc2nn(-c3ccccc3)n[n+]2-c2ccccc2)C=CC1=Nc1nn(-c2ccccc2)n[n+]1-c1ccccc1. The van der Waals surface area contributed by atoms with E-state index in [1.165, 1.54) is 0 Å². The van der Waals surface area contributed by atoms with E-state index in [0.29, 0.717) is 23.3 Å². The molecule has 10 nitrogen and oxygen atoms in total. The molecule has 1 aliphatic rings. The molecular weight excluding hydrogens is 524 g/mol. The van der Waals surface area contributed by atoms with E-state index in [1.54, 1.807) is 19.0 Å². The molecule has 0 bridgehead atoms. The molecule has 2 heterocycles. The first-order valence-corrected chi connectivity index (χ1v) is 13.3. The van der Waals surface area contributed by atoms with Gasteiger partial charge in [0.25, 0.3) is 0 Å². The molecule has 7 rings (SSSR count). The van der Waals surface area contributed by atoms with Crippen LogP contribution in [0, 0.1) is 0 Å². The van der Waals surface area contributed by atoms with Gasteiger partial charge in [0.2, 0.25) is 0 Å². The minimum Gasteiger partial charge on any atom is -0.101 e. The highest BCUT2D eigenvalue weighted by molar-refractivity contribution is 6.19. The summed E-state index contributed by atoms with van der Waals surface area (Å²) in [5, 5.41) is 18.7. The second kappa shape index (κ2) is 11.1. The number of aliphatic imine (C=N–C) groups is 2. The van der Waals surface area contributed by atoms with Crippen LogP contribution < -0.4 is 9.36 Å². The minimum absolute atomic E-state index is 0.447. The fraction of sp³-hybridized carbons (Fsp3) is 0. The molecule has 0 radical (unpaired) electrons. The van der Waals surface area contributed by atoms with Crippen molar-refractivity contribution in [3.8, 4) is 22.7 Å². The van der Waals surface area contributed by atoms with E-state index in [0.717, 1.165) is 22.7 Å². The van der Waals surface area contributed by atoms with Crippen LogP contribution in [0.2, 0.25) is 0 Å². The summed E-state index contributed by atoms with van der Waals surface area (Å²) in [5.74, 6) is 0.893. The van der Waals surface area contributed by atoms with Gasteiger partial charge in [-0.2, -0.15) is 0 Å². The molecule has 0 saturated heterocycles. The third-order valence-corrected chi connectivity index (χ3v) is 6.38. The van der Waals surface area contributed by atoms with Gasteiger partial charge < -0.3 is 0 Å². The number of hydrogen-bond acceptors (Lipinski definition) is 6. The van der Waals surface area contributed by atoms with Crippen molar-refractivity contribution >= 4 is 23.3 Å². The van der Waals surface area contributed by atoms with Gasteiger partial charge in [0, 0.05) is 10.4 Å². The standard InChI is InChI=1S/C32H24N10/c1-5-13-27(14-6-1)39-31(35-41(37-39)29-17-9-3-10-18-29)33-25-21-23-26(24-22-25)34-32-36-42(30-19-11-4-12-20-30)38-40(32)28-15-7-2-8-16-28/h1-24H/q+2. The molecule has 1 aliphatic carbocycles. The van der Waals surface area contributed by atoms with Gasteiger partial charge in [-0.1, -0.05) is 82.2 Å². The highest BCUT2D eigenvalue weighted by Gasteiger charge is 2.24. The summed E-state index contributed by atoms with van der Waals surface area (Å²) < 4.78 is 3.44. The monoisotopic (exact) mass is 548 g/mol. The second-order valence-electron chi connectivity index (χ2n) is 9.26. The van der Waals surface area contributed by atoms with Crippen LogP contribution in [0.1, 0.15) is 0 Å². The first kappa shape index (κ1) is 24.9. The van der Waals surface area contributed by atoms with Gasteiger partial charge >= 0.3 is 11.9 Å². The molecular formula is C32H24N10+2. The molecule has 0 atom stereocenters. The van der Waals surface area contributed by atoms with Gasteiger partial charge in [0.05, 0.1) is 10.2 Å². The minimum atomic E-state index is 0.447. The molecule has 200 valence electrons. The van der Waals surface area contributed by atoms with Crippen molar-refractivity contribution in [1.29, 1.82) is 0 Å². The zero-order chi connectivity index (χ0) is 28.1. The topological polar surface area (TPSA) is 93.9 Å². The highest BCUT2D eigenvalue weighted by Crippen LogP contribution is 2.14. The summed E-state index contributed by atoms with van der Waals surface area (Å²) in [6, 6.07) is 39.1. The smallest absolute Gasteiger partial charge is 0.101 e. The zero-order valence-corrected chi connectivity index (χ0v) is 22.3. The molecule has 0 fully saturated rings. The number of allylic oxidation sites excluding steroid dienone is 4. The maximum Gasteiger partial charge on any atom is 0.440 e. The van der Waals surface area contributed by atoms with E-state index in [2.05, 4.69) is 20.6 Å². The van der Waals surface area contributed by atoms with Crippen LogP contribution in [0.15, 0.2) is 156 Å². The Balaban J connectivity index is 1.22. The Morgan fingerprint density at radius 2 is 0.762 bits per heavy atom. The molecule has 0 spiro atoms. The van der Waals surface area contributed by atoms with Gasteiger partial charge in [-0.15, -0.1) is 9.98 Å². The third kappa shape index (κ3) is 5.19. The Hall–Kier alpha value is -6.16. The summed E-state index contributed by atoms with van der Waals surface area (Å²) in [4.78, 5) is 12.8. The number of rotatable bonds is 6. The Morgan fingerprint density at radius 3 is 1.12 bits per heavy atom. The predicted molar refractivity (Wildman–Crippen MR) is 158 cm³/mol. The van der Waals surface area contributed by atoms with Crippen LogP contribution in [-0.2, 0) is 0 Å². The van der Waals surface area contributed by atoms with Gasteiger partial charge in [-0.25, -0.2) is 0 Å². The van der Waals surface area contributed by atoms with Crippen molar-refractivity contribution < 1.29 is 9.36 Å². The molecule has 0 saturated carbocycles. The van der Waals surface area contributed by atoms with Crippen LogP contribution in [0.4, 0.5) is 11.9 Å². The van der Waals surface area contributed by atoms with Gasteiger partial charge in [0.15, 0.2) is 0 Å². The average molecular weight is 549 g/mol. The van der Waals surface area contributed by atoms with Gasteiger partial charge in [0.1, 0.15) is 34.2 Å². The fourth-order valence-corrected chi connectivity index (χ4v) is 4.33. The summed E-state index contributed by atoms with van der Waals surface area (Å²) >= 11 is 0. The van der Waals surface area contributed by atoms with E-state index in [9.17, 15) is 0 Å². The van der Waals surface area contributed by atoms with Crippen LogP contribution in [0.3, 0.4) is 0 Å². The Labute approximate surface area is 241 Å². The van der Waals surface area contributed by atoms with Crippen LogP contribution in [-0.4, -0.2) is 41.6 Å². The summed E-state index contributed by atoms with van der Waals surface area (Å²) in [6.45, 7) is 0. The van der Waals surface area contributed by atoms with Gasteiger partial charge in [-0.3, -0.25) is 0 Å². The summed E-state index contributed by atoms with van der Waals surface area (Å²) in [6.07, 6.45) is 7.57. The molecule has 2 aromatic heterocycles. The molecule has 6 aromatic rings. The molecule has 0 amide bonds. The van der Waals surface area contributed by atoms with Crippen molar-refractivity contribution in [1.82, 2.24) is 30.2 Å². The predicted octanol–water partition coefficient (Wildman–Crippen LogP) is 4.37. The molecule has 0 N–H and O–H groups in total. The normalized spacial score (nSPS) is 12.5. The first-order chi connectivity index (χ1) is 20.8. The molecule has 4 aromatic carbocycles. The lowest BCUT2D eigenvalue weighted by Crippen LogP contribution is -2.34. The number of benzene rings is 4.